The van der Waals surface area contributed by atoms with E-state index in [9.17, 15) is 4.79 Å². The summed E-state index contributed by atoms with van der Waals surface area (Å²) in [6, 6.07) is 20.2. The first-order valence-electron chi connectivity index (χ1n) is 8.23. The summed E-state index contributed by atoms with van der Waals surface area (Å²) in [5, 5.41) is 0. The van der Waals surface area contributed by atoms with E-state index in [1.165, 1.54) is 17.5 Å². The third kappa shape index (κ3) is 2.50. The summed E-state index contributed by atoms with van der Waals surface area (Å²) < 4.78 is 0. The van der Waals surface area contributed by atoms with Crippen LogP contribution in [0, 0.1) is 0 Å². The van der Waals surface area contributed by atoms with Gasteiger partial charge in [-0.2, -0.15) is 0 Å². The van der Waals surface area contributed by atoms with Crippen LogP contribution in [0.3, 0.4) is 0 Å². The Kier molecular flexibility index (Phi) is 3.58. The topological polar surface area (TPSA) is 32.9 Å². The van der Waals surface area contributed by atoms with Gasteiger partial charge in [-0.15, -0.1) is 0 Å². The number of H-pyrrole nitrogens is 1. The van der Waals surface area contributed by atoms with Crippen LogP contribution < -0.4 is 5.56 Å². The maximum atomic E-state index is 12.8. The molecule has 1 N–H and O–H groups in total. The fraction of sp³-hybridized carbons (Fsp3) is 0.190. The Morgan fingerprint density at radius 3 is 1.91 bits per heavy atom. The monoisotopic (exact) mass is 301 g/mol. The zero-order valence-electron chi connectivity index (χ0n) is 13.0. The largest absolute Gasteiger partial charge is 0.321 e. The van der Waals surface area contributed by atoms with Gasteiger partial charge in [0.05, 0.1) is 11.3 Å². The molecular formula is C21H19NO. The number of hydrogen-bond donors (Lipinski definition) is 1. The molecule has 0 saturated carbocycles. The molecule has 2 heteroatoms. The van der Waals surface area contributed by atoms with Gasteiger partial charge in [0.15, 0.2) is 0 Å². The molecule has 0 atom stereocenters. The lowest BCUT2D eigenvalue weighted by atomic mass is 9.84. The van der Waals surface area contributed by atoms with Crippen LogP contribution in [-0.4, -0.2) is 4.98 Å². The molecule has 114 valence electrons. The Labute approximate surface area is 135 Å². The van der Waals surface area contributed by atoms with Gasteiger partial charge in [0.1, 0.15) is 0 Å². The van der Waals surface area contributed by atoms with Gasteiger partial charge in [0, 0.05) is 0 Å². The van der Waals surface area contributed by atoms with E-state index >= 15 is 0 Å². The molecule has 1 aliphatic carbocycles. The molecule has 1 aliphatic rings. The fourth-order valence-electron chi connectivity index (χ4n) is 3.61. The van der Waals surface area contributed by atoms with Crippen LogP contribution in [0.1, 0.15) is 24.0 Å². The number of fused-ring (bicyclic) bond motifs is 1. The number of benzene rings is 2. The lowest BCUT2D eigenvalue weighted by Gasteiger charge is -2.22. The van der Waals surface area contributed by atoms with Gasteiger partial charge in [0.25, 0.3) is 5.56 Å². The van der Waals surface area contributed by atoms with Crippen molar-refractivity contribution in [2.75, 3.05) is 0 Å². The van der Waals surface area contributed by atoms with Crippen molar-refractivity contribution in [3.63, 3.8) is 0 Å². The second-order valence-electron chi connectivity index (χ2n) is 6.10. The Hall–Kier alpha value is -2.61. The van der Waals surface area contributed by atoms with Crippen LogP contribution in [0.25, 0.3) is 22.4 Å². The van der Waals surface area contributed by atoms with Gasteiger partial charge >= 0.3 is 0 Å². The molecule has 3 aromatic rings. The maximum Gasteiger partial charge on any atom is 0.256 e. The SMILES string of the molecule is O=c1[nH]c(-c2ccccc2)c2c(c1-c1ccccc1)CCCC2. The number of pyridine rings is 1. The molecule has 23 heavy (non-hydrogen) atoms. The minimum Gasteiger partial charge on any atom is -0.321 e. The summed E-state index contributed by atoms with van der Waals surface area (Å²) in [6.07, 6.45) is 4.37. The van der Waals surface area contributed by atoms with Crippen molar-refractivity contribution < 1.29 is 0 Å². The molecule has 0 saturated heterocycles. The number of rotatable bonds is 2. The van der Waals surface area contributed by atoms with Gasteiger partial charge in [-0.05, 0) is 47.9 Å². The van der Waals surface area contributed by atoms with Crippen LogP contribution in [0.5, 0.6) is 0 Å². The van der Waals surface area contributed by atoms with Gasteiger partial charge in [-0.3, -0.25) is 4.79 Å². The minimum atomic E-state index is 0.0238. The molecule has 1 aromatic heterocycles. The second kappa shape index (κ2) is 5.88. The van der Waals surface area contributed by atoms with Crippen molar-refractivity contribution in [3.05, 3.63) is 82.1 Å². The van der Waals surface area contributed by atoms with Gasteiger partial charge < -0.3 is 4.98 Å². The normalized spacial score (nSPS) is 13.6. The van der Waals surface area contributed by atoms with Gasteiger partial charge in [-0.1, -0.05) is 60.7 Å². The first-order chi connectivity index (χ1) is 11.3. The van der Waals surface area contributed by atoms with Crippen molar-refractivity contribution in [1.82, 2.24) is 4.98 Å². The molecule has 0 aliphatic heterocycles. The summed E-state index contributed by atoms with van der Waals surface area (Å²) in [5.74, 6) is 0. The average Bonchev–Trinajstić information content (AvgIpc) is 2.62. The molecule has 0 bridgehead atoms. The summed E-state index contributed by atoms with van der Waals surface area (Å²) in [4.78, 5) is 16.0. The quantitative estimate of drug-likeness (QED) is 0.738. The molecule has 0 unspecified atom stereocenters. The summed E-state index contributed by atoms with van der Waals surface area (Å²) in [7, 11) is 0. The van der Waals surface area contributed by atoms with Crippen LogP contribution >= 0.6 is 0 Å². The molecular weight excluding hydrogens is 282 g/mol. The van der Waals surface area contributed by atoms with E-state index in [0.29, 0.717) is 0 Å². The number of aromatic amines is 1. The van der Waals surface area contributed by atoms with Crippen molar-refractivity contribution in [2.45, 2.75) is 25.7 Å². The lowest BCUT2D eigenvalue weighted by molar-refractivity contribution is 0.684. The van der Waals surface area contributed by atoms with Gasteiger partial charge in [-0.25, -0.2) is 0 Å². The smallest absolute Gasteiger partial charge is 0.256 e. The fourth-order valence-corrected chi connectivity index (χ4v) is 3.61. The Bertz CT molecular complexity index is 879. The zero-order valence-corrected chi connectivity index (χ0v) is 13.0. The Morgan fingerprint density at radius 2 is 1.26 bits per heavy atom. The third-order valence-corrected chi connectivity index (χ3v) is 4.66. The third-order valence-electron chi connectivity index (χ3n) is 4.66. The standard InChI is InChI=1S/C21H19NO/c23-21-19(15-9-3-1-4-10-15)17-13-7-8-14-18(17)20(22-21)16-11-5-2-6-12-16/h1-6,9-12H,7-8,13-14H2,(H,22,23). The molecule has 2 nitrogen and oxygen atoms in total. The number of nitrogens with one attached hydrogen (secondary N) is 1. The van der Waals surface area contributed by atoms with Crippen molar-refractivity contribution in [2.24, 2.45) is 0 Å². The predicted molar refractivity (Wildman–Crippen MR) is 94.6 cm³/mol. The van der Waals surface area contributed by atoms with E-state index in [1.54, 1.807) is 0 Å². The first-order valence-corrected chi connectivity index (χ1v) is 8.23. The second-order valence-corrected chi connectivity index (χ2v) is 6.10. The molecule has 4 rings (SSSR count). The number of aromatic nitrogens is 1. The highest BCUT2D eigenvalue weighted by atomic mass is 16.1. The lowest BCUT2D eigenvalue weighted by Crippen LogP contribution is -2.19. The Balaban J connectivity index is 1.99. The van der Waals surface area contributed by atoms with Crippen molar-refractivity contribution in [3.8, 4) is 22.4 Å². The molecule has 0 fully saturated rings. The number of hydrogen-bond acceptors (Lipinski definition) is 1. The highest BCUT2D eigenvalue weighted by molar-refractivity contribution is 5.74. The molecule has 2 aromatic carbocycles. The van der Waals surface area contributed by atoms with E-state index < -0.39 is 0 Å². The van der Waals surface area contributed by atoms with Crippen LogP contribution in [-0.2, 0) is 12.8 Å². The average molecular weight is 301 g/mol. The van der Waals surface area contributed by atoms with Crippen molar-refractivity contribution in [1.29, 1.82) is 0 Å². The summed E-state index contributed by atoms with van der Waals surface area (Å²) in [6.45, 7) is 0. The zero-order chi connectivity index (χ0) is 15.6. The van der Waals surface area contributed by atoms with E-state index in [4.69, 9.17) is 0 Å². The summed E-state index contributed by atoms with van der Waals surface area (Å²) in [5.41, 5.74) is 6.57. The van der Waals surface area contributed by atoms with E-state index in [1.807, 2.05) is 48.5 Å². The van der Waals surface area contributed by atoms with Crippen LogP contribution in [0.4, 0.5) is 0 Å². The molecule has 0 spiro atoms. The summed E-state index contributed by atoms with van der Waals surface area (Å²) >= 11 is 0. The van der Waals surface area contributed by atoms with E-state index in [2.05, 4.69) is 17.1 Å². The van der Waals surface area contributed by atoms with E-state index in [-0.39, 0.29) is 5.56 Å². The van der Waals surface area contributed by atoms with Crippen LogP contribution in [0.15, 0.2) is 65.5 Å². The van der Waals surface area contributed by atoms with Gasteiger partial charge in [0.2, 0.25) is 0 Å². The molecule has 0 amide bonds. The highest BCUT2D eigenvalue weighted by Crippen LogP contribution is 2.34. The minimum absolute atomic E-state index is 0.0238. The predicted octanol–water partition coefficient (Wildman–Crippen LogP) is 4.59. The van der Waals surface area contributed by atoms with E-state index in [0.717, 1.165) is 41.6 Å². The Morgan fingerprint density at radius 1 is 0.696 bits per heavy atom. The first kappa shape index (κ1) is 14.0. The highest BCUT2D eigenvalue weighted by Gasteiger charge is 2.21. The molecule has 1 heterocycles. The van der Waals surface area contributed by atoms with Crippen LogP contribution in [0.2, 0.25) is 0 Å². The molecule has 0 radical (unpaired) electrons. The van der Waals surface area contributed by atoms with Crippen molar-refractivity contribution >= 4 is 0 Å². The maximum absolute atomic E-state index is 12.8.